The van der Waals surface area contributed by atoms with Crippen LogP contribution >= 0.6 is 0 Å². The largest absolute Gasteiger partial charge is 0.480 e. The first-order valence-electron chi connectivity index (χ1n) is 7.48. The number of amides is 2. The fourth-order valence-electron chi connectivity index (χ4n) is 2.01. The van der Waals surface area contributed by atoms with Crippen LogP contribution in [0.15, 0.2) is 24.3 Å². The Morgan fingerprint density at radius 2 is 1.68 bits per heavy atom. The van der Waals surface area contributed by atoms with Gasteiger partial charge in [0.15, 0.2) is 0 Å². The van der Waals surface area contributed by atoms with Gasteiger partial charge < -0.3 is 15.7 Å². The van der Waals surface area contributed by atoms with Gasteiger partial charge in [0.1, 0.15) is 6.04 Å². The zero-order valence-corrected chi connectivity index (χ0v) is 13.7. The average molecular weight is 360 g/mol. The summed E-state index contributed by atoms with van der Waals surface area (Å²) in [6.45, 7) is 3.12. The van der Waals surface area contributed by atoms with Gasteiger partial charge in [0.05, 0.1) is 12.1 Å². The number of nitrogens with one attached hydrogen (secondary N) is 2. The van der Waals surface area contributed by atoms with Crippen molar-refractivity contribution in [1.82, 2.24) is 10.6 Å². The second-order valence-corrected chi connectivity index (χ2v) is 5.85. The Hall–Kier alpha value is -2.58. The van der Waals surface area contributed by atoms with Crippen LogP contribution in [0.3, 0.4) is 0 Å². The van der Waals surface area contributed by atoms with Crippen LogP contribution in [0.25, 0.3) is 0 Å². The molecule has 0 aliphatic carbocycles. The summed E-state index contributed by atoms with van der Waals surface area (Å²) in [7, 11) is 0. The van der Waals surface area contributed by atoms with E-state index >= 15 is 0 Å². The molecule has 0 saturated carbocycles. The molecule has 0 spiro atoms. The molecule has 2 amide bonds. The minimum atomic E-state index is -4.50. The normalized spacial score (nSPS) is 12.6. The lowest BCUT2D eigenvalue weighted by Gasteiger charge is -2.16. The van der Waals surface area contributed by atoms with Gasteiger partial charge in [-0.3, -0.25) is 9.59 Å². The van der Waals surface area contributed by atoms with Crippen molar-refractivity contribution < 1.29 is 32.7 Å². The van der Waals surface area contributed by atoms with Crippen molar-refractivity contribution >= 4 is 17.8 Å². The standard InChI is InChI=1S/C16H19F3N2O4/c1-9(2)7-12(15(24)25)21-13(22)8-20-14(23)10-3-5-11(6-4-10)16(17,18)19/h3-6,9,12H,7-8H2,1-2H3,(H,20,23)(H,21,22)(H,24,25). The van der Waals surface area contributed by atoms with E-state index < -0.39 is 42.1 Å². The summed E-state index contributed by atoms with van der Waals surface area (Å²) in [5.41, 5.74) is -0.933. The van der Waals surface area contributed by atoms with Gasteiger partial charge in [0, 0.05) is 5.56 Å². The molecule has 3 N–H and O–H groups in total. The van der Waals surface area contributed by atoms with Crippen molar-refractivity contribution in [1.29, 1.82) is 0 Å². The Morgan fingerprint density at radius 3 is 2.12 bits per heavy atom. The van der Waals surface area contributed by atoms with Crippen molar-refractivity contribution in [2.75, 3.05) is 6.54 Å². The van der Waals surface area contributed by atoms with Gasteiger partial charge in [0.25, 0.3) is 5.91 Å². The summed E-state index contributed by atoms with van der Waals surface area (Å²) in [6, 6.07) is 2.44. The maximum atomic E-state index is 12.5. The van der Waals surface area contributed by atoms with E-state index in [4.69, 9.17) is 5.11 Å². The number of benzene rings is 1. The van der Waals surface area contributed by atoms with E-state index in [1.165, 1.54) is 0 Å². The number of carbonyl (C=O) groups is 3. The number of halogens is 3. The highest BCUT2D eigenvalue weighted by Crippen LogP contribution is 2.29. The molecule has 1 aromatic rings. The molecule has 9 heteroatoms. The third-order valence-electron chi connectivity index (χ3n) is 3.22. The third kappa shape index (κ3) is 6.82. The Kier molecular flexibility index (Phi) is 6.96. The predicted octanol–water partition coefficient (Wildman–Crippen LogP) is 2.05. The first-order chi connectivity index (χ1) is 11.5. The highest BCUT2D eigenvalue weighted by Gasteiger charge is 2.30. The summed E-state index contributed by atoms with van der Waals surface area (Å²) in [6.07, 6.45) is -4.27. The van der Waals surface area contributed by atoms with Crippen LogP contribution in [0, 0.1) is 5.92 Å². The van der Waals surface area contributed by atoms with E-state index in [-0.39, 0.29) is 17.9 Å². The number of rotatable bonds is 7. The van der Waals surface area contributed by atoms with Gasteiger partial charge in [-0.25, -0.2) is 4.79 Å². The van der Waals surface area contributed by atoms with Gasteiger partial charge in [-0.2, -0.15) is 13.2 Å². The number of carboxylic acid groups (broad SMARTS) is 1. The van der Waals surface area contributed by atoms with Crippen LogP contribution in [0.1, 0.15) is 36.2 Å². The Balaban J connectivity index is 2.58. The molecule has 0 aliphatic rings. The molecule has 1 aromatic carbocycles. The zero-order valence-electron chi connectivity index (χ0n) is 13.7. The third-order valence-corrected chi connectivity index (χ3v) is 3.22. The summed E-state index contributed by atoms with van der Waals surface area (Å²) >= 11 is 0. The predicted molar refractivity (Wildman–Crippen MR) is 82.8 cm³/mol. The highest BCUT2D eigenvalue weighted by molar-refractivity contribution is 5.96. The fourth-order valence-corrected chi connectivity index (χ4v) is 2.01. The molecule has 0 aliphatic heterocycles. The first kappa shape index (κ1) is 20.5. The average Bonchev–Trinajstić information content (AvgIpc) is 2.50. The van der Waals surface area contributed by atoms with Crippen molar-refractivity contribution in [3.8, 4) is 0 Å². The van der Waals surface area contributed by atoms with Crippen LogP contribution in [-0.2, 0) is 15.8 Å². The SMILES string of the molecule is CC(C)CC(NC(=O)CNC(=O)c1ccc(C(F)(F)F)cc1)C(=O)O. The van der Waals surface area contributed by atoms with Crippen molar-refractivity contribution in [3.63, 3.8) is 0 Å². The number of hydrogen-bond acceptors (Lipinski definition) is 3. The molecule has 0 fully saturated rings. The molecule has 0 heterocycles. The van der Waals surface area contributed by atoms with Gasteiger partial charge in [-0.1, -0.05) is 13.8 Å². The van der Waals surface area contributed by atoms with E-state index in [1.54, 1.807) is 13.8 Å². The monoisotopic (exact) mass is 360 g/mol. The second kappa shape index (κ2) is 8.50. The molecule has 138 valence electrons. The first-order valence-corrected chi connectivity index (χ1v) is 7.48. The molecular weight excluding hydrogens is 341 g/mol. The molecule has 1 atom stereocenters. The Labute approximate surface area is 142 Å². The van der Waals surface area contributed by atoms with E-state index in [1.807, 2.05) is 0 Å². The second-order valence-electron chi connectivity index (χ2n) is 5.85. The van der Waals surface area contributed by atoms with Crippen LogP contribution < -0.4 is 10.6 Å². The summed E-state index contributed by atoms with van der Waals surface area (Å²) in [4.78, 5) is 34.6. The van der Waals surface area contributed by atoms with Crippen molar-refractivity contribution in [3.05, 3.63) is 35.4 Å². The number of carbonyl (C=O) groups excluding carboxylic acids is 2. The smallest absolute Gasteiger partial charge is 0.416 e. The zero-order chi connectivity index (χ0) is 19.2. The van der Waals surface area contributed by atoms with Gasteiger partial charge in [-0.05, 0) is 36.6 Å². The van der Waals surface area contributed by atoms with Crippen LogP contribution in [-0.4, -0.2) is 35.5 Å². The molecule has 1 rings (SSSR count). The van der Waals surface area contributed by atoms with E-state index in [0.29, 0.717) is 0 Å². The molecule has 1 unspecified atom stereocenters. The lowest BCUT2D eigenvalue weighted by molar-refractivity contribution is -0.142. The molecule has 25 heavy (non-hydrogen) atoms. The van der Waals surface area contributed by atoms with Crippen molar-refractivity contribution in [2.45, 2.75) is 32.5 Å². The Bertz CT molecular complexity index is 627. The molecule has 0 saturated heterocycles. The summed E-state index contributed by atoms with van der Waals surface area (Å²) in [5.74, 6) is -2.58. The molecule has 0 aromatic heterocycles. The van der Waals surface area contributed by atoms with E-state index in [2.05, 4.69) is 10.6 Å². The summed E-state index contributed by atoms with van der Waals surface area (Å²) < 4.78 is 37.4. The number of carboxylic acids is 1. The lowest BCUT2D eigenvalue weighted by Crippen LogP contribution is -2.46. The van der Waals surface area contributed by atoms with E-state index in [9.17, 15) is 27.6 Å². The molecule has 0 bridgehead atoms. The molecular formula is C16H19F3N2O4. The van der Waals surface area contributed by atoms with Gasteiger partial charge in [-0.15, -0.1) is 0 Å². The minimum absolute atomic E-state index is 0.0437. The molecule has 0 radical (unpaired) electrons. The Morgan fingerprint density at radius 1 is 1.12 bits per heavy atom. The lowest BCUT2D eigenvalue weighted by atomic mass is 10.0. The fraction of sp³-hybridized carbons (Fsp3) is 0.438. The van der Waals surface area contributed by atoms with Crippen molar-refractivity contribution in [2.24, 2.45) is 5.92 Å². The maximum absolute atomic E-state index is 12.5. The minimum Gasteiger partial charge on any atom is -0.480 e. The maximum Gasteiger partial charge on any atom is 0.416 e. The summed E-state index contributed by atoms with van der Waals surface area (Å²) in [5, 5.41) is 13.5. The van der Waals surface area contributed by atoms with Gasteiger partial charge in [0.2, 0.25) is 5.91 Å². The number of aliphatic carboxylic acids is 1. The topological polar surface area (TPSA) is 95.5 Å². The van der Waals surface area contributed by atoms with Gasteiger partial charge >= 0.3 is 12.1 Å². The number of hydrogen-bond donors (Lipinski definition) is 3. The van der Waals surface area contributed by atoms with Crippen LogP contribution in [0.4, 0.5) is 13.2 Å². The van der Waals surface area contributed by atoms with E-state index in [0.717, 1.165) is 24.3 Å². The van der Waals surface area contributed by atoms with Crippen LogP contribution in [0.5, 0.6) is 0 Å². The molecule has 6 nitrogen and oxygen atoms in total. The quantitative estimate of drug-likeness (QED) is 0.693. The number of alkyl halides is 3. The highest BCUT2D eigenvalue weighted by atomic mass is 19.4. The van der Waals surface area contributed by atoms with Crippen LogP contribution in [0.2, 0.25) is 0 Å².